The number of halogens is 3. The molecule has 43 heavy (non-hydrogen) atoms. The fourth-order valence-electron chi connectivity index (χ4n) is 5.67. The first-order valence-corrected chi connectivity index (χ1v) is 14.9. The zero-order valence-electron chi connectivity index (χ0n) is 24.2. The van der Waals surface area contributed by atoms with E-state index >= 15 is 0 Å². The van der Waals surface area contributed by atoms with Crippen molar-refractivity contribution in [2.75, 3.05) is 49.1 Å². The molecular weight excluding hydrogens is 561 g/mol. The number of nitrogens with two attached hydrogens (primary N) is 1. The molecule has 0 bridgehead atoms. The number of nitrogens with one attached hydrogen (secondary N) is 2. The highest BCUT2D eigenvalue weighted by atomic mass is 19.4. The summed E-state index contributed by atoms with van der Waals surface area (Å²) in [5, 5.41) is 14.6. The molecule has 0 radical (unpaired) electrons. The number of alkyl halides is 3. The number of piperidine rings is 1. The minimum absolute atomic E-state index is 0.0173. The lowest BCUT2D eigenvalue weighted by molar-refractivity contribution is -0.144. The number of hydrogen-bond acceptors (Lipinski definition) is 8. The van der Waals surface area contributed by atoms with Crippen molar-refractivity contribution in [1.29, 1.82) is 5.26 Å². The topological polar surface area (TPSA) is 140 Å². The second-order valence-electron chi connectivity index (χ2n) is 11.1. The fraction of sp³-hybridized carbons (Fsp3) is 0.567. The summed E-state index contributed by atoms with van der Waals surface area (Å²) in [6, 6.07) is 10.1. The highest BCUT2D eigenvalue weighted by Crippen LogP contribution is 2.34. The molecule has 4 rings (SSSR count). The molecule has 0 aliphatic carbocycles. The van der Waals surface area contributed by atoms with Gasteiger partial charge in [0, 0.05) is 51.8 Å². The van der Waals surface area contributed by atoms with Crippen LogP contribution in [0, 0.1) is 17.2 Å². The number of nitrogens with zero attached hydrogens (tertiary/aromatic N) is 5. The first-order valence-electron chi connectivity index (χ1n) is 14.9. The molecule has 2 saturated heterocycles. The summed E-state index contributed by atoms with van der Waals surface area (Å²) in [4.78, 5) is 36.2. The molecule has 2 aliphatic heterocycles. The van der Waals surface area contributed by atoms with Gasteiger partial charge in [-0.25, -0.2) is 9.97 Å². The van der Waals surface area contributed by atoms with E-state index in [1.807, 2.05) is 17.0 Å². The Balaban J connectivity index is 1.37. The zero-order chi connectivity index (χ0) is 30.8. The molecule has 3 heterocycles. The van der Waals surface area contributed by atoms with E-state index in [-0.39, 0.29) is 23.5 Å². The largest absolute Gasteiger partial charge is 0.451 e. The number of anilines is 2. The van der Waals surface area contributed by atoms with Crippen LogP contribution in [0.5, 0.6) is 0 Å². The summed E-state index contributed by atoms with van der Waals surface area (Å²) in [6.07, 6.45) is 0.653. The van der Waals surface area contributed by atoms with Crippen LogP contribution >= 0.6 is 0 Å². The maximum atomic E-state index is 13.9. The number of carbonyl (C=O) groups excluding carboxylic acids is 2. The van der Waals surface area contributed by atoms with Crippen LogP contribution < -0.4 is 26.2 Å². The average Bonchev–Trinajstić information content (AvgIpc) is 3.50. The van der Waals surface area contributed by atoms with Gasteiger partial charge in [-0.05, 0) is 68.6 Å². The van der Waals surface area contributed by atoms with Crippen LogP contribution in [-0.4, -0.2) is 67.1 Å². The Morgan fingerprint density at radius 3 is 2.42 bits per heavy atom. The predicted octanol–water partition coefficient (Wildman–Crippen LogP) is 3.16. The maximum Gasteiger partial charge on any atom is 0.451 e. The number of nitriles is 1. The summed E-state index contributed by atoms with van der Waals surface area (Å²) in [6.45, 7) is 2.75. The number of amides is 2. The van der Waals surface area contributed by atoms with Crippen molar-refractivity contribution in [2.45, 2.75) is 63.6 Å². The molecule has 4 N–H and O–H groups in total. The third-order valence-corrected chi connectivity index (χ3v) is 8.02. The summed E-state index contributed by atoms with van der Waals surface area (Å²) in [5.41, 5.74) is 6.93. The lowest BCUT2D eigenvalue weighted by Gasteiger charge is -2.34. The van der Waals surface area contributed by atoms with Crippen LogP contribution in [0.15, 0.2) is 30.3 Å². The van der Waals surface area contributed by atoms with Gasteiger partial charge in [-0.15, -0.1) is 0 Å². The smallest absolute Gasteiger partial charge is 0.356 e. The Labute approximate surface area is 249 Å². The lowest BCUT2D eigenvalue weighted by atomic mass is 9.91. The number of aromatic nitrogens is 2. The first kappa shape index (κ1) is 32.0. The fourth-order valence-corrected chi connectivity index (χ4v) is 5.67. The molecule has 2 fully saturated rings. The molecule has 0 unspecified atom stereocenters. The van der Waals surface area contributed by atoms with Crippen molar-refractivity contribution in [3.63, 3.8) is 0 Å². The summed E-state index contributed by atoms with van der Waals surface area (Å²) >= 11 is 0. The van der Waals surface area contributed by atoms with E-state index < -0.39 is 18.0 Å². The van der Waals surface area contributed by atoms with Crippen molar-refractivity contribution in [1.82, 2.24) is 20.6 Å². The number of hydrogen-bond donors (Lipinski definition) is 3. The molecule has 2 aromatic rings. The van der Waals surface area contributed by atoms with Crippen molar-refractivity contribution in [3.8, 4) is 6.07 Å². The SMILES string of the molecule is N#Cc1ccc(CCNC(=O)[C@@H]2CCCN2c2cc(N3CCC(CCCC(=O)NCCN)CC3)nc(C(F)(F)F)n2)cc1. The Morgan fingerprint density at radius 1 is 1.02 bits per heavy atom. The highest BCUT2D eigenvalue weighted by molar-refractivity contribution is 5.85. The van der Waals surface area contributed by atoms with E-state index in [0.717, 1.165) is 31.2 Å². The molecular formula is C30H39F3N8O2. The summed E-state index contributed by atoms with van der Waals surface area (Å²) in [7, 11) is 0. The first-order chi connectivity index (χ1) is 20.7. The van der Waals surface area contributed by atoms with Crippen LogP contribution in [0.2, 0.25) is 0 Å². The van der Waals surface area contributed by atoms with Gasteiger partial charge in [0.2, 0.25) is 17.6 Å². The van der Waals surface area contributed by atoms with E-state index in [1.165, 1.54) is 0 Å². The maximum absolute atomic E-state index is 13.9. The second kappa shape index (κ2) is 15.0. The summed E-state index contributed by atoms with van der Waals surface area (Å²) < 4.78 is 41.6. The standard InChI is InChI=1S/C30H39F3N8O2/c31-30(32,33)29-38-25(40-17-11-21(12-18-40)3-1-5-27(42)36-15-13-34)19-26(39-29)41-16-2-4-24(41)28(43)37-14-10-22-6-8-23(20-35)9-7-22/h6-9,19,21,24H,1-5,10-18,34H2,(H,36,42)(H,37,43)/t24-/m0/s1. The van der Waals surface area contributed by atoms with Crippen molar-refractivity contribution < 1.29 is 22.8 Å². The molecule has 232 valence electrons. The quantitative estimate of drug-likeness (QED) is 0.338. The zero-order valence-corrected chi connectivity index (χ0v) is 24.2. The minimum atomic E-state index is -4.73. The van der Waals surface area contributed by atoms with E-state index in [0.29, 0.717) is 76.4 Å². The third-order valence-electron chi connectivity index (χ3n) is 8.02. The van der Waals surface area contributed by atoms with Gasteiger partial charge in [-0.3, -0.25) is 9.59 Å². The number of benzene rings is 1. The van der Waals surface area contributed by atoms with Gasteiger partial charge in [0.05, 0.1) is 11.6 Å². The van der Waals surface area contributed by atoms with E-state index in [4.69, 9.17) is 11.0 Å². The second-order valence-corrected chi connectivity index (χ2v) is 11.1. The Kier molecular flexibility index (Phi) is 11.2. The van der Waals surface area contributed by atoms with Crippen LogP contribution in [0.1, 0.15) is 61.9 Å². The molecule has 2 amide bonds. The monoisotopic (exact) mass is 600 g/mol. The average molecular weight is 601 g/mol. The molecule has 13 heteroatoms. The van der Waals surface area contributed by atoms with Gasteiger partial charge in [0.25, 0.3) is 0 Å². The molecule has 0 spiro atoms. The highest BCUT2D eigenvalue weighted by Gasteiger charge is 2.38. The van der Waals surface area contributed by atoms with Crippen LogP contribution in [0.3, 0.4) is 0 Å². The van der Waals surface area contributed by atoms with Crippen molar-refractivity contribution in [3.05, 3.63) is 47.3 Å². The van der Waals surface area contributed by atoms with E-state index in [1.54, 1.807) is 23.1 Å². The van der Waals surface area contributed by atoms with Crippen LogP contribution in [0.4, 0.5) is 24.8 Å². The number of carbonyl (C=O) groups is 2. The third kappa shape index (κ3) is 9.03. The van der Waals surface area contributed by atoms with Gasteiger partial charge in [0.1, 0.15) is 17.7 Å². The Hall–Kier alpha value is -3.92. The minimum Gasteiger partial charge on any atom is -0.356 e. The van der Waals surface area contributed by atoms with Gasteiger partial charge in [-0.2, -0.15) is 18.4 Å². The van der Waals surface area contributed by atoms with Crippen LogP contribution in [-0.2, 0) is 22.2 Å². The van der Waals surface area contributed by atoms with Crippen LogP contribution in [0.25, 0.3) is 0 Å². The Morgan fingerprint density at radius 2 is 1.74 bits per heavy atom. The van der Waals surface area contributed by atoms with Gasteiger partial charge in [0.15, 0.2) is 0 Å². The van der Waals surface area contributed by atoms with Gasteiger partial charge in [-0.1, -0.05) is 12.1 Å². The van der Waals surface area contributed by atoms with E-state index in [2.05, 4.69) is 26.7 Å². The molecule has 1 atom stereocenters. The summed E-state index contributed by atoms with van der Waals surface area (Å²) in [5.74, 6) is -0.777. The van der Waals surface area contributed by atoms with Crippen molar-refractivity contribution in [2.24, 2.45) is 11.7 Å². The predicted molar refractivity (Wildman–Crippen MR) is 156 cm³/mol. The molecule has 1 aromatic carbocycles. The van der Waals surface area contributed by atoms with Crippen molar-refractivity contribution >= 4 is 23.5 Å². The van der Waals surface area contributed by atoms with Gasteiger partial charge >= 0.3 is 6.18 Å². The molecule has 0 saturated carbocycles. The van der Waals surface area contributed by atoms with Gasteiger partial charge < -0.3 is 26.2 Å². The lowest BCUT2D eigenvalue weighted by Crippen LogP contribution is -2.44. The normalized spacial score (nSPS) is 17.5. The molecule has 10 nitrogen and oxygen atoms in total. The van der Waals surface area contributed by atoms with E-state index in [9.17, 15) is 22.8 Å². The molecule has 1 aromatic heterocycles. The Bertz CT molecular complexity index is 1270. The number of rotatable bonds is 12. The molecule has 2 aliphatic rings.